The van der Waals surface area contributed by atoms with Crippen LogP contribution in [0, 0.1) is 5.82 Å². The first-order valence-electron chi connectivity index (χ1n) is 9.54. The van der Waals surface area contributed by atoms with Crippen molar-refractivity contribution >= 4 is 23.5 Å². The van der Waals surface area contributed by atoms with E-state index in [1.165, 1.54) is 6.07 Å². The molecule has 2 amide bonds. The Balaban J connectivity index is 1.69. The van der Waals surface area contributed by atoms with Crippen LogP contribution >= 0.6 is 0 Å². The Bertz CT molecular complexity index is 905. The predicted molar refractivity (Wildman–Crippen MR) is 106 cm³/mol. The van der Waals surface area contributed by atoms with Crippen LogP contribution < -0.4 is 10.6 Å². The lowest BCUT2D eigenvalue weighted by molar-refractivity contribution is -0.137. The summed E-state index contributed by atoms with van der Waals surface area (Å²) in [5, 5.41) is 13.8. The fourth-order valence-electron chi connectivity index (χ4n) is 3.83. The maximum atomic E-state index is 14.4. The topological polar surface area (TPSA) is 95.5 Å². The lowest BCUT2D eigenvalue weighted by Gasteiger charge is -2.28. The number of carbonyl (C=O) groups is 3. The Hall–Kier alpha value is -3.22. The average molecular weight is 398 g/mol. The smallest absolute Gasteiger partial charge is 0.322 e. The summed E-state index contributed by atoms with van der Waals surface area (Å²) in [4.78, 5) is 35.3. The molecule has 1 fully saturated rings. The van der Waals surface area contributed by atoms with E-state index in [0.29, 0.717) is 29.7 Å². The number of hydrogen-bond acceptors (Lipinski definition) is 3. The number of carboxylic acid groups (broad SMARTS) is 1. The van der Waals surface area contributed by atoms with Crippen molar-refractivity contribution in [2.45, 2.75) is 37.5 Å². The van der Waals surface area contributed by atoms with Gasteiger partial charge in [0, 0.05) is 11.3 Å². The van der Waals surface area contributed by atoms with Gasteiger partial charge in [-0.25, -0.2) is 4.39 Å². The van der Waals surface area contributed by atoms with E-state index >= 15 is 0 Å². The molecule has 1 aliphatic carbocycles. The number of anilines is 1. The van der Waals surface area contributed by atoms with Gasteiger partial charge in [0.2, 0.25) is 11.8 Å². The molecule has 0 heterocycles. The summed E-state index contributed by atoms with van der Waals surface area (Å²) in [6, 6.07) is 13.2. The molecule has 0 unspecified atom stereocenters. The monoisotopic (exact) mass is 398 g/mol. The average Bonchev–Trinajstić information content (AvgIpc) is 3.19. The summed E-state index contributed by atoms with van der Waals surface area (Å²) in [6.45, 7) is -0.425. The van der Waals surface area contributed by atoms with Crippen molar-refractivity contribution in [2.75, 3.05) is 11.9 Å². The standard InChI is InChI=1S/C22H23FN2O4/c23-18-6-2-1-5-17(18)22(11-3-4-12-22)21(29)25-16-9-7-15(8-10-16)13-19(26)24-14-20(27)28/h1-2,5-10H,3-4,11-14H2,(H,24,26)(H,25,29)(H,27,28). The molecule has 152 valence electrons. The maximum absolute atomic E-state index is 14.4. The van der Waals surface area contributed by atoms with Gasteiger partial charge in [-0.05, 0) is 36.6 Å². The second-order valence-electron chi connectivity index (χ2n) is 7.27. The van der Waals surface area contributed by atoms with Crippen molar-refractivity contribution in [1.29, 1.82) is 0 Å². The largest absolute Gasteiger partial charge is 0.480 e. The third-order valence-electron chi connectivity index (χ3n) is 5.29. The van der Waals surface area contributed by atoms with Crippen molar-refractivity contribution in [2.24, 2.45) is 0 Å². The van der Waals surface area contributed by atoms with Crippen molar-refractivity contribution in [3.8, 4) is 0 Å². The van der Waals surface area contributed by atoms with E-state index in [-0.39, 0.29) is 18.1 Å². The van der Waals surface area contributed by atoms with Gasteiger partial charge in [0.05, 0.1) is 11.8 Å². The number of aliphatic carboxylic acids is 1. The minimum Gasteiger partial charge on any atom is -0.480 e. The molecule has 0 saturated heterocycles. The Labute approximate surface area is 168 Å². The van der Waals surface area contributed by atoms with E-state index < -0.39 is 23.8 Å². The van der Waals surface area contributed by atoms with Crippen LogP contribution in [0.15, 0.2) is 48.5 Å². The lowest BCUT2D eigenvalue weighted by Crippen LogP contribution is -2.38. The molecule has 7 heteroatoms. The number of halogens is 1. The highest BCUT2D eigenvalue weighted by atomic mass is 19.1. The molecule has 2 aromatic carbocycles. The molecule has 2 aromatic rings. The Morgan fingerprint density at radius 1 is 1.00 bits per heavy atom. The van der Waals surface area contributed by atoms with Gasteiger partial charge in [-0.15, -0.1) is 0 Å². The molecule has 0 aromatic heterocycles. The lowest BCUT2D eigenvalue weighted by atomic mass is 9.77. The van der Waals surface area contributed by atoms with Gasteiger partial charge in [-0.1, -0.05) is 43.2 Å². The molecule has 0 bridgehead atoms. The number of rotatable bonds is 7. The minimum atomic E-state index is -1.10. The fourth-order valence-corrected chi connectivity index (χ4v) is 3.83. The molecule has 0 atom stereocenters. The molecule has 0 spiro atoms. The normalized spacial score (nSPS) is 14.9. The van der Waals surface area contributed by atoms with Crippen LogP contribution in [0.5, 0.6) is 0 Å². The van der Waals surface area contributed by atoms with Crippen molar-refractivity contribution in [1.82, 2.24) is 5.32 Å². The minimum absolute atomic E-state index is 0.0423. The number of carbonyl (C=O) groups excluding carboxylic acids is 2. The number of amides is 2. The van der Waals surface area contributed by atoms with E-state index in [4.69, 9.17) is 5.11 Å². The fraction of sp³-hybridized carbons (Fsp3) is 0.318. The third-order valence-corrected chi connectivity index (χ3v) is 5.29. The van der Waals surface area contributed by atoms with E-state index in [0.717, 1.165) is 12.8 Å². The first kappa shape index (κ1) is 20.5. The van der Waals surface area contributed by atoms with Crippen molar-refractivity contribution < 1.29 is 23.9 Å². The van der Waals surface area contributed by atoms with Crippen LogP contribution in [-0.4, -0.2) is 29.4 Å². The first-order chi connectivity index (χ1) is 13.9. The van der Waals surface area contributed by atoms with Crippen LogP contribution in [-0.2, 0) is 26.2 Å². The van der Waals surface area contributed by atoms with Crippen molar-refractivity contribution in [3.63, 3.8) is 0 Å². The molecular formula is C22H23FN2O4. The zero-order valence-electron chi connectivity index (χ0n) is 15.9. The molecular weight excluding hydrogens is 375 g/mol. The molecule has 0 aliphatic heterocycles. The van der Waals surface area contributed by atoms with E-state index in [2.05, 4.69) is 10.6 Å². The van der Waals surface area contributed by atoms with Gasteiger partial charge in [0.15, 0.2) is 0 Å². The molecule has 1 saturated carbocycles. The molecule has 3 rings (SSSR count). The zero-order valence-corrected chi connectivity index (χ0v) is 15.9. The highest BCUT2D eigenvalue weighted by Gasteiger charge is 2.44. The van der Waals surface area contributed by atoms with Gasteiger partial charge in [0.1, 0.15) is 12.4 Å². The van der Waals surface area contributed by atoms with Crippen LogP contribution in [0.1, 0.15) is 36.8 Å². The molecule has 0 radical (unpaired) electrons. The highest BCUT2D eigenvalue weighted by Crippen LogP contribution is 2.43. The summed E-state index contributed by atoms with van der Waals surface area (Å²) < 4.78 is 14.4. The van der Waals surface area contributed by atoms with Gasteiger partial charge < -0.3 is 15.7 Å². The number of carboxylic acids is 1. The highest BCUT2D eigenvalue weighted by molar-refractivity contribution is 5.99. The number of hydrogen-bond donors (Lipinski definition) is 3. The summed E-state index contributed by atoms with van der Waals surface area (Å²) in [7, 11) is 0. The van der Waals surface area contributed by atoms with Gasteiger partial charge >= 0.3 is 5.97 Å². The molecule has 29 heavy (non-hydrogen) atoms. The quantitative estimate of drug-likeness (QED) is 0.668. The summed E-state index contributed by atoms with van der Waals surface area (Å²) in [5.74, 6) is -2.10. The predicted octanol–water partition coefficient (Wildman–Crippen LogP) is 3.02. The Morgan fingerprint density at radius 3 is 2.28 bits per heavy atom. The van der Waals surface area contributed by atoms with E-state index in [9.17, 15) is 18.8 Å². The SMILES string of the molecule is O=C(O)CNC(=O)Cc1ccc(NC(=O)C2(c3ccccc3F)CCCC2)cc1. The van der Waals surface area contributed by atoms with Gasteiger partial charge in [0.25, 0.3) is 0 Å². The zero-order chi connectivity index (χ0) is 20.9. The molecule has 3 N–H and O–H groups in total. The van der Waals surface area contributed by atoms with Crippen LogP contribution in [0.4, 0.5) is 10.1 Å². The van der Waals surface area contributed by atoms with Crippen LogP contribution in [0.2, 0.25) is 0 Å². The number of nitrogens with one attached hydrogen (secondary N) is 2. The Kier molecular flexibility index (Phi) is 6.26. The van der Waals surface area contributed by atoms with E-state index in [1.54, 1.807) is 42.5 Å². The molecule has 1 aliphatic rings. The number of benzene rings is 2. The van der Waals surface area contributed by atoms with Gasteiger partial charge in [-0.2, -0.15) is 0 Å². The third kappa shape index (κ3) is 4.80. The summed E-state index contributed by atoms with van der Waals surface area (Å²) in [6.07, 6.45) is 2.97. The van der Waals surface area contributed by atoms with Crippen LogP contribution in [0.25, 0.3) is 0 Å². The maximum Gasteiger partial charge on any atom is 0.322 e. The van der Waals surface area contributed by atoms with Gasteiger partial charge in [-0.3, -0.25) is 14.4 Å². The molecule has 6 nitrogen and oxygen atoms in total. The van der Waals surface area contributed by atoms with E-state index in [1.807, 2.05) is 0 Å². The second kappa shape index (κ2) is 8.86. The van der Waals surface area contributed by atoms with Crippen molar-refractivity contribution in [3.05, 3.63) is 65.5 Å². The second-order valence-corrected chi connectivity index (χ2v) is 7.27. The summed E-state index contributed by atoms with van der Waals surface area (Å²) >= 11 is 0. The van der Waals surface area contributed by atoms with Crippen LogP contribution in [0.3, 0.4) is 0 Å². The first-order valence-corrected chi connectivity index (χ1v) is 9.54. The Morgan fingerprint density at radius 2 is 1.66 bits per heavy atom. The summed E-state index contributed by atoms with van der Waals surface area (Å²) in [5.41, 5.74) is 0.811.